The summed E-state index contributed by atoms with van der Waals surface area (Å²) in [5.74, 6) is 0.243. The topological polar surface area (TPSA) is 95.5 Å². The van der Waals surface area contributed by atoms with Crippen LogP contribution in [0.4, 0.5) is 5.69 Å². The van der Waals surface area contributed by atoms with Crippen LogP contribution in [0.15, 0.2) is 46.9 Å². The number of benzene rings is 2. The largest absolute Gasteiger partial charge is 0.441 e. The van der Waals surface area contributed by atoms with E-state index < -0.39 is 10.9 Å². The molecule has 22 heavy (non-hydrogen) atoms. The van der Waals surface area contributed by atoms with E-state index in [1.54, 1.807) is 25.1 Å². The number of carbonyl (C=O) groups excluding carboxylic acids is 1. The Labute approximate surface area is 124 Å². The molecule has 0 amide bonds. The van der Waals surface area contributed by atoms with Crippen molar-refractivity contribution >= 4 is 22.8 Å². The lowest BCUT2D eigenvalue weighted by Crippen LogP contribution is -2.08. The molecule has 0 saturated heterocycles. The Morgan fingerprint density at radius 3 is 2.64 bits per heavy atom. The van der Waals surface area contributed by atoms with Gasteiger partial charge < -0.3 is 9.15 Å². The molecular formula is C15H10N2O5. The van der Waals surface area contributed by atoms with Crippen LogP contribution < -0.4 is 4.74 Å². The number of oxazole rings is 1. The van der Waals surface area contributed by atoms with E-state index in [1.807, 2.05) is 0 Å². The van der Waals surface area contributed by atoms with Gasteiger partial charge in [0.1, 0.15) is 11.3 Å². The molecule has 110 valence electrons. The standard InChI is InChI=1S/C15H10N2O5/c1-9-16-13-8-12(6-7-14(13)21-9)22-15(18)10-2-4-11(5-3-10)17(19)20/h2-8H,1H3. The van der Waals surface area contributed by atoms with Gasteiger partial charge in [0.2, 0.25) is 0 Å². The number of nitrogens with zero attached hydrogens (tertiary/aromatic N) is 2. The van der Waals surface area contributed by atoms with Crippen molar-refractivity contribution in [3.63, 3.8) is 0 Å². The number of non-ortho nitro benzene ring substituents is 1. The van der Waals surface area contributed by atoms with Crippen LogP contribution in [0.1, 0.15) is 16.2 Å². The molecule has 3 aromatic rings. The molecule has 0 spiro atoms. The van der Waals surface area contributed by atoms with E-state index in [0.717, 1.165) is 0 Å². The van der Waals surface area contributed by atoms with E-state index in [-0.39, 0.29) is 11.3 Å². The molecule has 0 aliphatic heterocycles. The predicted molar refractivity (Wildman–Crippen MR) is 76.8 cm³/mol. The number of nitro benzene ring substituents is 1. The summed E-state index contributed by atoms with van der Waals surface area (Å²) in [6, 6.07) is 10.0. The fourth-order valence-electron chi connectivity index (χ4n) is 1.97. The molecule has 0 aliphatic carbocycles. The summed E-state index contributed by atoms with van der Waals surface area (Å²) in [5.41, 5.74) is 1.33. The minimum atomic E-state index is -0.602. The number of hydrogen-bond donors (Lipinski definition) is 0. The number of fused-ring (bicyclic) bond motifs is 1. The number of ether oxygens (including phenoxy) is 1. The molecule has 0 aliphatic rings. The van der Waals surface area contributed by atoms with Gasteiger partial charge in [0.15, 0.2) is 11.5 Å². The number of aromatic nitrogens is 1. The number of hydrogen-bond acceptors (Lipinski definition) is 6. The van der Waals surface area contributed by atoms with E-state index in [2.05, 4.69) is 4.98 Å². The molecule has 0 radical (unpaired) electrons. The lowest BCUT2D eigenvalue weighted by atomic mass is 10.2. The van der Waals surface area contributed by atoms with Gasteiger partial charge in [-0.3, -0.25) is 10.1 Å². The van der Waals surface area contributed by atoms with Crippen molar-refractivity contribution in [2.24, 2.45) is 0 Å². The fourth-order valence-corrected chi connectivity index (χ4v) is 1.97. The van der Waals surface area contributed by atoms with Crippen LogP contribution in [0.2, 0.25) is 0 Å². The second kappa shape index (κ2) is 5.28. The van der Waals surface area contributed by atoms with Crippen molar-refractivity contribution in [3.05, 3.63) is 64.0 Å². The van der Waals surface area contributed by atoms with Crippen LogP contribution in [0, 0.1) is 17.0 Å². The number of nitro groups is 1. The third kappa shape index (κ3) is 2.64. The van der Waals surface area contributed by atoms with E-state index in [0.29, 0.717) is 22.7 Å². The Morgan fingerprint density at radius 1 is 1.23 bits per heavy atom. The van der Waals surface area contributed by atoms with Crippen LogP contribution in [-0.4, -0.2) is 15.9 Å². The molecule has 7 nitrogen and oxygen atoms in total. The second-order valence-electron chi connectivity index (χ2n) is 4.56. The number of esters is 1. The first-order chi connectivity index (χ1) is 10.5. The molecule has 0 atom stereocenters. The van der Waals surface area contributed by atoms with Crippen LogP contribution in [0.3, 0.4) is 0 Å². The van der Waals surface area contributed by atoms with Crippen LogP contribution in [0.5, 0.6) is 5.75 Å². The first-order valence-corrected chi connectivity index (χ1v) is 6.37. The first-order valence-electron chi connectivity index (χ1n) is 6.37. The number of rotatable bonds is 3. The minimum absolute atomic E-state index is 0.0870. The highest BCUT2D eigenvalue weighted by atomic mass is 16.6. The Morgan fingerprint density at radius 2 is 1.95 bits per heavy atom. The molecule has 3 rings (SSSR count). The van der Waals surface area contributed by atoms with E-state index in [1.165, 1.54) is 24.3 Å². The van der Waals surface area contributed by atoms with Gasteiger partial charge in [-0.2, -0.15) is 0 Å². The smallest absolute Gasteiger partial charge is 0.343 e. The van der Waals surface area contributed by atoms with Gasteiger partial charge in [0, 0.05) is 25.1 Å². The number of carbonyl (C=O) groups is 1. The summed E-state index contributed by atoms with van der Waals surface area (Å²) < 4.78 is 10.6. The van der Waals surface area contributed by atoms with Gasteiger partial charge in [0.05, 0.1) is 10.5 Å². The third-order valence-corrected chi connectivity index (χ3v) is 2.99. The molecule has 0 unspecified atom stereocenters. The molecule has 1 aromatic heterocycles. The zero-order chi connectivity index (χ0) is 15.7. The van der Waals surface area contributed by atoms with Crippen molar-refractivity contribution in [2.75, 3.05) is 0 Å². The van der Waals surface area contributed by atoms with Crippen molar-refractivity contribution < 1.29 is 18.9 Å². The van der Waals surface area contributed by atoms with Gasteiger partial charge in [-0.25, -0.2) is 9.78 Å². The average molecular weight is 298 g/mol. The maximum atomic E-state index is 12.0. The quantitative estimate of drug-likeness (QED) is 0.319. The van der Waals surface area contributed by atoms with E-state index in [9.17, 15) is 14.9 Å². The van der Waals surface area contributed by atoms with Gasteiger partial charge in [-0.05, 0) is 24.3 Å². The summed E-state index contributed by atoms with van der Waals surface area (Å²) in [6.45, 7) is 1.72. The maximum Gasteiger partial charge on any atom is 0.343 e. The Hall–Kier alpha value is -3.22. The third-order valence-electron chi connectivity index (χ3n) is 2.99. The zero-order valence-electron chi connectivity index (χ0n) is 11.5. The average Bonchev–Trinajstić information content (AvgIpc) is 2.86. The number of aryl methyl sites for hydroxylation is 1. The Balaban J connectivity index is 1.81. The van der Waals surface area contributed by atoms with Crippen LogP contribution in [0.25, 0.3) is 11.1 Å². The van der Waals surface area contributed by atoms with Crippen LogP contribution >= 0.6 is 0 Å². The molecule has 2 aromatic carbocycles. The van der Waals surface area contributed by atoms with Gasteiger partial charge in [-0.15, -0.1) is 0 Å². The molecular weight excluding hydrogens is 288 g/mol. The minimum Gasteiger partial charge on any atom is -0.441 e. The highest BCUT2D eigenvalue weighted by Crippen LogP contribution is 2.22. The summed E-state index contributed by atoms with van der Waals surface area (Å²) >= 11 is 0. The summed E-state index contributed by atoms with van der Waals surface area (Å²) in [6.07, 6.45) is 0. The summed E-state index contributed by atoms with van der Waals surface area (Å²) in [4.78, 5) is 26.2. The SMILES string of the molecule is Cc1nc2cc(OC(=O)c3ccc([N+](=O)[O-])cc3)ccc2o1. The molecule has 0 N–H and O–H groups in total. The monoisotopic (exact) mass is 298 g/mol. The zero-order valence-corrected chi connectivity index (χ0v) is 11.5. The lowest BCUT2D eigenvalue weighted by Gasteiger charge is -2.03. The summed E-state index contributed by atoms with van der Waals surface area (Å²) in [5, 5.41) is 10.6. The lowest BCUT2D eigenvalue weighted by molar-refractivity contribution is -0.384. The molecule has 7 heteroatoms. The van der Waals surface area contributed by atoms with Crippen LogP contribution in [-0.2, 0) is 0 Å². The fraction of sp³-hybridized carbons (Fsp3) is 0.0667. The van der Waals surface area contributed by atoms with E-state index >= 15 is 0 Å². The van der Waals surface area contributed by atoms with E-state index in [4.69, 9.17) is 9.15 Å². The van der Waals surface area contributed by atoms with Gasteiger partial charge in [-0.1, -0.05) is 0 Å². The van der Waals surface area contributed by atoms with Crippen molar-refractivity contribution in [2.45, 2.75) is 6.92 Å². The van der Waals surface area contributed by atoms with Gasteiger partial charge in [0.25, 0.3) is 5.69 Å². The highest BCUT2D eigenvalue weighted by molar-refractivity contribution is 5.91. The first kappa shape index (κ1) is 13.7. The maximum absolute atomic E-state index is 12.0. The van der Waals surface area contributed by atoms with Crippen molar-refractivity contribution in [3.8, 4) is 5.75 Å². The second-order valence-corrected chi connectivity index (χ2v) is 4.56. The summed E-state index contributed by atoms with van der Waals surface area (Å²) in [7, 11) is 0. The molecule has 1 heterocycles. The Kier molecular flexibility index (Phi) is 3.30. The van der Waals surface area contributed by atoms with Crippen molar-refractivity contribution in [1.29, 1.82) is 0 Å². The molecule has 0 bridgehead atoms. The van der Waals surface area contributed by atoms with Crippen molar-refractivity contribution in [1.82, 2.24) is 4.98 Å². The molecule has 0 fully saturated rings. The predicted octanol–water partition coefficient (Wildman–Crippen LogP) is 3.26. The normalized spacial score (nSPS) is 10.6. The molecule has 0 saturated carbocycles. The Bertz CT molecular complexity index is 867. The van der Waals surface area contributed by atoms with Gasteiger partial charge >= 0.3 is 5.97 Å². The highest BCUT2D eigenvalue weighted by Gasteiger charge is 2.12.